The second kappa shape index (κ2) is 7.71. The Morgan fingerprint density at radius 1 is 0.500 bits per heavy atom. The van der Waals surface area contributed by atoms with Crippen molar-refractivity contribution in [1.29, 1.82) is 0 Å². The van der Waals surface area contributed by atoms with E-state index >= 15 is 0 Å². The Morgan fingerprint density at radius 2 is 0.969 bits per heavy atom. The molecular weight excluding hydrogens is 392 g/mol. The van der Waals surface area contributed by atoms with Crippen molar-refractivity contribution in [2.75, 3.05) is 0 Å². The van der Waals surface area contributed by atoms with E-state index in [0.29, 0.717) is 5.84 Å². The second-order valence-electron chi connectivity index (χ2n) is 7.75. The summed E-state index contributed by atoms with van der Waals surface area (Å²) in [7, 11) is 0. The van der Waals surface area contributed by atoms with Gasteiger partial charge in [-0.05, 0) is 22.3 Å². The van der Waals surface area contributed by atoms with E-state index in [1.807, 2.05) is 22.7 Å². The molecule has 2 aromatic heterocycles. The zero-order chi connectivity index (χ0) is 21.3. The highest BCUT2D eigenvalue weighted by atomic mass is 16.3. The van der Waals surface area contributed by atoms with Crippen molar-refractivity contribution >= 4 is 5.84 Å². The fourth-order valence-electron chi connectivity index (χ4n) is 4.17. The maximum atomic E-state index is 5.62. The van der Waals surface area contributed by atoms with Gasteiger partial charge < -0.3 is 4.42 Å². The Bertz CT molecular complexity index is 1480. The van der Waals surface area contributed by atoms with E-state index in [4.69, 9.17) is 9.40 Å². The Balaban J connectivity index is 1.43. The number of oxazole rings is 1. The topological polar surface area (TPSA) is 30.4 Å². The number of imidazole rings is 1. The van der Waals surface area contributed by atoms with Gasteiger partial charge in [0.25, 0.3) is 0 Å². The van der Waals surface area contributed by atoms with Gasteiger partial charge in [-0.25, -0.2) is 0 Å². The van der Waals surface area contributed by atoms with Crippen molar-refractivity contribution in [3.05, 3.63) is 122 Å². The van der Waals surface area contributed by atoms with Crippen LogP contribution >= 0.6 is 0 Å². The highest BCUT2D eigenvalue weighted by Gasteiger charge is 2.18. The summed E-state index contributed by atoms with van der Waals surface area (Å²) < 4.78 is 7.63. The van der Waals surface area contributed by atoms with Crippen molar-refractivity contribution < 1.29 is 4.42 Å². The third-order valence-electron chi connectivity index (χ3n) is 5.79. The maximum absolute atomic E-state index is 5.62. The molecule has 3 heteroatoms. The number of nitrogens with zero attached hydrogens (tertiary/aromatic N) is 2. The summed E-state index contributed by atoms with van der Waals surface area (Å²) in [5.74, 6) is 0.592. The van der Waals surface area contributed by atoms with Gasteiger partial charge in [0.05, 0.1) is 5.69 Å². The first-order valence-electron chi connectivity index (χ1n) is 10.6. The lowest BCUT2D eigenvalue weighted by atomic mass is 9.99. The molecule has 0 aliphatic carbocycles. The van der Waals surface area contributed by atoms with E-state index in [1.54, 1.807) is 6.26 Å². The van der Waals surface area contributed by atoms with Crippen LogP contribution < -0.4 is 0 Å². The monoisotopic (exact) mass is 412 g/mol. The molecule has 0 atom stereocenters. The highest BCUT2D eigenvalue weighted by Crippen LogP contribution is 2.35. The third-order valence-corrected chi connectivity index (χ3v) is 5.79. The van der Waals surface area contributed by atoms with Crippen LogP contribution in [0.4, 0.5) is 0 Å². The molecule has 4 aromatic carbocycles. The van der Waals surface area contributed by atoms with Gasteiger partial charge in [-0.15, -0.1) is 0 Å². The lowest BCUT2D eigenvalue weighted by Gasteiger charge is -2.08. The molecule has 2 heterocycles. The van der Waals surface area contributed by atoms with Crippen molar-refractivity contribution in [3.8, 4) is 44.8 Å². The van der Waals surface area contributed by atoms with Crippen LogP contribution in [-0.2, 0) is 0 Å². The summed E-state index contributed by atoms with van der Waals surface area (Å²) in [6.45, 7) is 0. The van der Waals surface area contributed by atoms with Crippen LogP contribution in [0.3, 0.4) is 0 Å². The molecule has 0 fully saturated rings. The minimum Gasteiger partial charge on any atom is -0.432 e. The quantitative estimate of drug-likeness (QED) is 0.298. The Labute approximate surface area is 186 Å². The molecule has 0 spiro atoms. The number of aromatic nitrogens is 2. The van der Waals surface area contributed by atoms with Crippen LogP contribution in [0.5, 0.6) is 0 Å². The summed E-state index contributed by atoms with van der Waals surface area (Å²) in [4.78, 5) is 4.80. The fourth-order valence-corrected chi connectivity index (χ4v) is 4.17. The van der Waals surface area contributed by atoms with E-state index in [-0.39, 0.29) is 0 Å². The zero-order valence-electron chi connectivity index (χ0n) is 17.3. The van der Waals surface area contributed by atoms with Gasteiger partial charge in [-0.1, -0.05) is 109 Å². The van der Waals surface area contributed by atoms with Crippen LogP contribution in [-0.4, -0.2) is 9.38 Å². The average Bonchev–Trinajstić information content (AvgIpc) is 3.47. The van der Waals surface area contributed by atoms with Gasteiger partial charge in [0, 0.05) is 17.3 Å². The first-order valence-corrected chi connectivity index (χ1v) is 10.6. The normalized spacial score (nSPS) is 11.1. The predicted molar refractivity (Wildman–Crippen MR) is 129 cm³/mol. The molecule has 0 N–H and O–H groups in total. The van der Waals surface area contributed by atoms with Crippen LogP contribution in [0.1, 0.15) is 0 Å². The largest absolute Gasteiger partial charge is 0.432 e. The lowest BCUT2D eigenvalue weighted by molar-refractivity contribution is 0.596. The SMILES string of the molecule is c1ccc(-c2ccc(-c3nc4occn4c3-c3ccc(-c4ccccc4)cc3)cc2)cc1. The molecule has 0 amide bonds. The summed E-state index contributed by atoms with van der Waals surface area (Å²) in [6.07, 6.45) is 3.59. The third kappa shape index (κ3) is 3.21. The Kier molecular flexibility index (Phi) is 4.43. The molecular formula is C29H20N2O. The molecule has 6 aromatic rings. The van der Waals surface area contributed by atoms with Crippen molar-refractivity contribution in [3.63, 3.8) is 0 Å². The minimum absolute atomic E-state index is 0.592. The van der Waals surface area contributed by atoms with Crippen LogP contribution in [0.15, 0.2) is 126 Å². The number of hydrogen-bond donors (Lipinski definition) is 0. The summed E-state index contributed by atoms with van der Waals surface area (Å²) >= 11 is 0. The Hall–Kier alpha value is -4.37. The summed E-state index contributed by atoms with van der Waals surface area (Å²) in [5, 5.41) is 0. The summed E-state index contributed by atoms with van der Waals surface area (Å²) in [6, 6.07) is 38.0. The van der Waals surface area contributed by atoms with Crippen LogP contribution in [0, 0.1) is 0 Å². The minimum atomic E-state index is 0.592. The average molecular weight is 412 g/mol. The van der Waals surface area contributed by atoms with E-state index in [9.17, 15) is 0 Å². The van der Waals surface area contributed by atoms with E-state index in [0.717, 1.165) is 22.5 Å². The molecule has 32 heavy (non-hydrogen) atoms. The summed E-state index contributed by atoms with van der Waals surface area (Å²) in [5.41, 5.74) is 8.89. The van der Waals surface area contributed by atoms with Gasteiger partial charge in [0.1, 0.15) is 12.0 Å². The van der Waals surface area contributed by atoms with Gasteiger partial charge in [0.15, 0.2) is 0 Å². The van der Waals surface area contributed by atoms with Gasteiger partial charge >= 0.3 is 5.84 Å². The number of rotatable bonds is 4. The van der Waals surface area contributed by atoms with Crippen molar-refractivity contribution in [2.24, 2.45) is 0 Å². The Morgan fingerprint density at radius 3 is 1.53 bits per heavy atom. The standard InChI is InChI=1S/C29H20N2O/c1-3-7-21(8-4-1)23-11-15-25(16-12-23)27-28(31-19-20-32-29(31)30-27)26-17-13-24(14-18-26)22-9-5-2-6-10-22/h1-20H. The number of fused-ring (bicyclic) bond motifs is 1. The molecule has 152 valence electrons. The second-order valence-corrected chi connectivity index (χ2v) is 7.75. The van der Waals surface area contributed by atoms with Crippen molar-refractivity contribution in [2.45, 2.75) is 0 Å². The van der Waals surface area contributed by atoms with Crippen molar-refractivity contribution in [1.82, 2.24) is 9.38 Å². The number of hydrogen-bond acceptors (Lipinski definition) is 2. The van der Waals surface area contributed by atoms with Crippen LogP contribution in [0.25, 0.3) is 50.6 Å². The molecule has 0 bridgehead atoms. The molecule has 0 radical (unpaired) electrons. The lowest BCUT2D eigenvalue weighted by Crippen LogP contribution is -1.88. The molecule has 0 aliphatic rings. The maximum Gasteiger partial charge on any atom is 0.306 e. The first-order chi connectivity index (χ1) is 15.9. The molecule has 0 unspecified atom stereocenters. The zero-order valence-corrected chi connectivity index (χ0v) is 17.3. The fraction of sp³-hybridized carbons (Fsp3) is 0. The predicted octanol–water partition coefficient (Wildman–Crippen LogP) is 7.60. The van der Waals surface area contributed by atoms with Gasteiger partial charge in [0.2, 0.25) is 0 Å². The molecule has 6 rings (SSSR count). The van der Waals surface area contributed by atoms with E-state index < -0.39 is 0 Å². The first kappa shape index (κ1) is 18.4. The van der Waals surface area contributed by atoms with Gasteiger partial charge in [-0.3, -0.25) is 4.40 Å². The molecule has 0 saturated carbocycles. The molecule has 3 nitrogen and oxygen atoms in total. The number of benzene rings is 4. The highest BCUT2D eigenvalue weighted by molar-refractivity contribution is 5.83. The van der Waals surface area contributed by atoms with E-state index in [2.05, 4.69) is 97.1 Å². The smallest absolute Gasteiger partial charge is 0.306 e. The molecule has 0 aliphatic heterocycles. The van der Waals surface area contributed by atoms with Gasteiger partial charge in [-0.2, -0.15) is 4.98 Å². The van der Waals surface area contributed by atoms with Crippen LogP contribution in [0.2, 0.25) is 0 Å². The van der Waals surface area contributed by atoms with E-state index in [1.165, 1.54) is 22.3 Å². The molecule has 0 saturated heterocycles.